The molecule has 3 aromatic rings. The first-order valence-electron chi connectivity index (χ1n) is 7.41. The fourth-order valence-electron chi connectivity index (χ4n) is 2.73. The predicted molar refractivity (Wildman–Crippen MR) is 85.4 cm³/mol. The molecule has 0 radical (unpaired) electrons. The lowest BCUT2D eigenvalue weighted by atomic mass is 10.1. The molecular formula is C18H21BrN2O2. The van der Waals surface area contributed by atoms with Gasteiger partial charge in [0.05, 0.1) is 0 Å². The number of nitrogens with zero attached hydrogens (tertiary/aromatic N) is 1. The molecule has 2 aromatic heterocycles. The van der Waals surface area contributed by atoms with E-state index in [9.17, 15) is 0 Å². The van der Waals surface area contributed by atoms with Crippen LogP contribution >= 0.6 is 0 Å². The molecule has 0 unspecified atom stereocenters. The Morgan fingerprint density at radius 1 is 1.04 bits per heavy atom. The minimum atomic E-state index is -0.303. The lowest BCUT2D eigenvalue weighted by Crippen LogP contribution is -3.00. The largest absolute Gasteiger partial charge is 1.00 e. The number of halogens is 1. The quantitative estimate of drug-likeness (QED) is 0.485. The van der Waals surface area contributed by atoms with E-state index in [1.54, 1.807) is 14.2 Å². The van der Waals surface area contributed by atoms with Gasteiger partial charge in [-0.25, -0.2) is 4.57 Å². The van der Waals surface area contributed by atoms with E-state index in [0.717, 1.165) is 18.5 Å². The van der Waals surface area contributed by atoms with Crippen LogP contribution in [0, 0.1) is 0 Å². The number of rotatable bonds is 6. The predicted octanol–water partition coefficient (Wildman–Crippen LogP) is -0.00650. The lowest BCUT2D eigenvalue weighted by molar-refractivity contribution is -0.696. The average molecular weight is 377 g/mol. The van der Waals surface area contributed by atoms with E-state index in [1.165, 1.54) is 16.5 Å². The smallest absolute Gasteiger partial charge is 0.183 e. The summed E-state index contributed by atoms with van der Waals surface area (Å²) in [5.74, 6) is 0. The molecule has 23 heavy (non-hydrogen) atoms. The Morgan fingerprint density at radius 2 is 1.74 bits per heavy atom. The highest BCUT2D eigenvalue weighted by Crippen LogP contribution is 2.18. The molecule has 5 heteroatoms. The molecule has 0 saturated carbocycles. The SMILES string of the molecule is COC(OC)c1cc[n+](CCc2c[nH]c3ccccc23)cc1.[Br-]. The molecule has 0 amide bonds. The molecule has 0 aliphatic rings. The van der Waals surface area contributed by atoms with Crippen molar-refractivity contribution in [3.8, 4) is 0 Å². The van der Waals surface area contributed by atoms with Crippen LogP contribution in [-0.4, -0.2) is 19.2 Å². The van der Waals surface area contributed by atoms with Gasteiger partial charge < -0.3 is 31.4 Å². The Labute approximate surface area is 146 Å². The third-order valence-corrected chi connectivity index (χ3v) is 3.93. The number of aryl methyl sites for hydroxylation is 2. The van der Waals surface area contributed by atoms with Crippen LogP contribution in [0.2, 0.25) is 0 Å². The van der Waals surface area contributed by atoms with Crippen molar-refractivity contribution >= 4 is 10.9 Å². The number of fused-ring (bicyclic) bond motifs is 1. The molecule has 0 spiro atoms. The van der Waals surface area contributed by atoms with Crippen LogP contribution in [0.3, 0.4) is 0 Å². The van der Waals surface area contributed by atoms with Crippen molar-refractivity contribution in [2.45, 2.75) is 19.3 Å². The second-order valence-corrected chi connectivity index (χ2v) is 5.28. The first-order valence-corrected chi connectivity index (χ1v) is 7.41. The van der Waals surface area contributed by atoms with E-state index in [-0.39, 0.29) is 23.3 Å². The minimum absolute atomic E-state index is 0. The Balaban J connectivity index is 0.00000192. The van der Waals surface area contributed by atoms with Crippen LogP contribution in [0.5, 0.6) is 0 Å². The lowest BCUT2D eigenvalue weighted by Gasteiger charge is -2.12. The number of ether oxygens (including phenoxy) is 2. The minimum Gasteiger partial charge on any atom is -1.00 e. The van der Waals surface area contributed by atoms with Crippen molar-refractivity contribution in [3.63, 3.8) is 0 Å². The van der Waals surface area contributed by atoms with Gasteiger partial charge in [-0.1, -0.05) is 18.2 Å². The normalized spacial score (nSPS) is 10.9. The standard InChI is InChI=1S/C18H21N2O2.BrH/c1-21-18(22-2)14-7-10-20(11-8-14)12-9-15-13-19-17-6-4-3-5-16(15)17;/h3-8,10-11,13,18-19H,9,12H2,1-2H3;1H/q+1;/p-1. The molecule has 2 heterocycles. The third-order valence-electron chi connectivity index (χ3n) is 3.93. The fraction of sp³-hybridized carbons (Fsp3) is 0.278. The van der Waals surface area contributed by atoms with Gasteiger partial charge in [0.25, 0.3) is 0 Å². The summed E-state index contributed by atoms with van der Waals surface area (Å²) >= 11 is 0. The van der Waals surface area contributed by atoms with Gasteiger partial charge in [-0.05, 0) is 11.6 Å². The van der Waals surface area contributed by atoms with Crippen LogP contribution < -0.4 is 21.5 Å². The summed E-state index contributed by atoms with van der Waals surface area (Å²) in [6.07, 6.45) is 6.92. The van der Waals surface area contributed by atoms with Gasteiger partial charge in [0.2, 0.25) is 0 Å². The molecule has 0 bridgehead atoms. The summed E-state index contributed by atoms with van der Waals surface area (Å²) < 4.78 is 12.7. The van der Waals surface area contributed by atoms with Gasteiger partial charge >= 0.3 is 0 Å². The molecule has 1 N–H and O–H groups in total. The van der Waals surface area contributed by atoms with Crippen LogP contribution in [-0.2, 0) is 22.4 Å². The zero-order chi connectivity index (χ0) is 15.4. The summed E-state index contributed by atoms with van der Waals surface area (Å²) in [4.78, 5) is 3.32. The van der Waals surface area contributed by atoms with Crippen LogP contribution in [0.4, 0.5) is 0 Å². The highest BCUT2D eigenvalue weighted by molar-refractivity contribution is 5.82. The maximum atomic E-state index is 5.26. The summed E-state index contributed by atoms with van der Waals surface area (Å²) in [7, 11) is 3.29. The molecular weight excluding hydrogens is 356 g/mol. The van der Waals surface area contributed by atoms with Crippen molar-refractivity contribution in [2.75, 3.05) is 14.2 Å². The Hall–Kier alpha value is -1.69. The van der Waals surface area contributed by atoms with Gasteiger partial charge in [-0.15, -0.1) is 0 Å². The van der Waals surface area contributed by atoms with E-state index in [1.807, 2.05) is 12.1 Å². The van der Waals surface area contributed by atoms with Crippen molar-refractivity contribution in [1.29, 1.82) is 0 Å². The number of hydrogen-bond acceptors (Lipinski definition) is 2. The highest BCUT2D eigenvalue weighted by atomic mass is 79.9. The Morgan fingerprint density at radius 3 is 2.43 bits per heavy atom. The number of para-hydroxylation sites is 1. The zero-order valence-corrected chi connectivity index (χ0v) is 14.9. The maximum Gasteiger partial charge on any atom is 0.183 e. The first kappa shape index (κ1) is 17.7. The van der Waals surface area contributed by atoms with E-state index < -0.39 is 0 Å². The number of aromatic amines is 1. The number of aromatic nitrogens is 2. The summed E-state index contributed by atoms with van der Waals surface area (Å²) in [6, 6.07) is 12.5. The number of benzene rings is 1. The second kappa shape index (κ2) is 8.24. The van der Waals surface area contributed by atoms with Crippen molar-refractivity contribution in [2.24, 2.45) is 0 Å². The van der Waals surface area contributed by atoms with Crippen LogP contribution in [0.25, 0.3) is 10.9 Å². The monoisotopic (exact) mass is 376 g/mol. The van der Waals surface area contributed by atoms with E-state index in [2.05, 4.69) is 52.4 Å². The molecule has 0 fully saturated rings. The molecule has 0 aliphatic carbocycles. The topological polar surface area (TPSA) is 38.1 Å². The summed E-state index contributed by atoms with van der Waals surface area (Å²) in [5, 5.41) is 1.30. The van der Waals surface area contributed by atoms with Crippen LogP contribution in [0.1, 0.15) is 17.4 Å². The van der Waals surface area contributed by atoms with E-state index in [0.29, 0.717) is 0 Å². The number of hydrogen-bond donors (Lipinski definition) is 1. The first-order chi connectivity index (χ1) is 10.8. The van der Waals surface area contributed by atoms with E-state index >= 15 is 0 Å². The fourth-order valence-corrected chi connectivity index (χ4v) is 2.73. The van der Waals surface area contributed by atoms with Crippen molar-refractivity contribution in [1.82, 2.24) is 4.98 Å². The Kier molecular flexibility index (Phi) is 6.33. The van der Waals surface area contributed by atoms with Gasteiger partial charge in [0.15, 0.2) is 25.2 Å². The second-order valence-electron chi connectivity index (χ2n) is 5.28. The molecule has 1 aromatic carbocycles. The van der Waals surface area contributed by atoms with E-state index in [4.69, 9.17) is 9.47 Å². The summed E-state index contributed by atoms with van der Waals surface area (Å²) in [5.41, 5.74) is 3.56. The number of pyridine rings is 1. The van der Waals surface area contributed by atoms with Crippen molar-refractivity contribution < 1.29 is 31.0 Å². The molecule has 0 aliphatic heterocycles. The molecule has 0 atom stereocenters. The molecule has 0 saturated heterocycles. The van der Waals surface area contributed by atoms with Gasteiger partial charge in [0.1, 0.15) is 0 Å². The number of H-pyrrole nitrogens is 1. The average Bonchev–Trinajstić information content (AvgIpc) is 2.98. The number of nitrogens with one attached hydrogen (secondary N) is 1. The number of methoxy groups -OCH3 is 2. The molecule has 4 nitrogen and oxygen atoms in total. The maximum absolute atomic E-state index is 5.26. The van der Waals surface area contributed by atoms with Crippen molar-refractivity contribution in [3.05, 3.63) is 66.1 Å². The summed E-state index contributed by atoms with van der Waals surface area (Å²) in [6.45, 7) is 0.937. The molecule has 122 valence electrons. The van der Waals surface area contributed by atoms with Crippen LogP contribution in [0.15, 0.2) is 55.0 Å². The van der Waals surface area contributed by atoms with Gasteiger partial charge in [-0.2, -0.15) is 0 Å². The highest BCUT2D eigenvalue weighted by Gasteiger charge is 2.11. The van der Waals surface area contributed by atoms with Gasteiger partial charge in [-0.3, -0.25) is 0 Å². The van der Waals surface area contributed by atoms with Gasteiger partial charge in [0, 0.05) is 55.4 Å². The Bertz CT molecular complexity index is 736. The zero-order valence-electron chi connectivity index (χ0n) is 13.3. The molecule has 3 rings (SSSR count). The third kappa shape index (κ3) is 3.99.